The zero-order chi connectivity index (χ0) is 25.7. The molecular formula is C24H20F3N5O4. The SMILES string of the molecule is COC(=O)c1ccccc1Cn1cc(NC(=O)c2ccn(COc3cccc(C(F)(F)F)c3)n2)cn1. The molecule has 0 aliphatic rings. The first-order chi connectivity index (χ1) is 17.2. The van der Waals surface area contributed by atoms with Gasteiger partial charge in [-0.3, -0.25) is 9.48 Å². The maximum atomic E-state index is 12.8. The highest BCUT2D eigenvalue weighted by atomic mass is 19.4. The number of aromatic nitrogens is 4. The van der Waals surface area contributed by atoms with Crippen LogP contribution in [-0.4, -0.2) is 38.5 Å². The quantitative estimate of drug-likeness (QED) is 0.365. The molecule has 9 nitrogen and oxygen atoms in total. The van der Waals surface area contributed by atoms with Gasteiger partial charge in [-0.25, -0.2) is 9.48 Å². The van der Waals surface area contributed by atoms with E-state index in [4.69, 9.17) is 9.47 Å². The van der Waals surface area contributed by atoms with Gasteiger partial charge in [-0.1, -0.05) is 24.3 Å². The fourth-order valence-electron chi connectivity index (χ4n) is 3.31. The van der Waals surface area contributed by atoms with E-state index in [9.17, 15) is 22.8 Å². The molecule has 0 unspecified atom stereocenters. The third-order valence-electron chi connectivity index (χ3n) is 5.04. The number of ether oxygens (including phenoxy) is 2. The van der Waals surface area contributed by atoms with E-state index in [2.05, 4.69) is 15.5 Å². The Kier molecular flexibility index (Phi) is 7.04. The number of amides is 1. The summed E-state index contributed by atoms with van der Waals surface area (Å²) in [5.41, 5.74) is 0.774. The van der Waals surface area contributed by atoms with Crippen LogP contribution in [0.5, 0.6) is 5.75 Å². The minimum Gasteiger partial charge on any atom is -0.471 e. The molecule has 0 aliphatic carbocycles. The lowest BCUT2D eigenvalue weighted by Gasteiger charge is -2.10. The van der Waals surface area contributed by atoms with Crippen molar-refractivity contribution in [3.63, 3.8) is 0 Å². The minimum absolute atomic E-state index is 0.0208. The van der Waals surface area contributed by atoms with E-state index in [-0.39, 0.29) is 24.7 Å². The number of benzene rings is 2. The number of hydrogen-bond donors (Lipinski definition) is 1. The van der Waals surface area contributed by atoms with E-state index in [1.807, 2.05) is 0 Å². The first-order valence-corrected chi connectivity index (χ1v) is 10.6. The molecule has 12 heteroatoms. The van der Waals surface area contributed by atoms with Gasteiger partial charge in [-0.15, -0.1) is 0 Å². The predicted octanol–water partition coefficient (Wildman–Crippen LogP) is 4.22. The Hall–Kier alpha value is -4.61. The largest absolute Gasteiger partial charge is 0.471 e. The standard InChI is InChI=1S/C24H20F3N5O4/c1-35-23(34)20-8-3-2-5-16(20)13-32-14-18(12-28-32)29-22(33)21-9-10-31(30-21)15-36-19-7-4-6-17(11-19)24(25,26)27/h2-12,14H,13,15H2,1H3,(H,29,33). The van der Waals surface area contributed by atoms with Crippen LogP contribution in [0.1, 0.15) is 32.0 Å². The number of nitrogens with zero attached hydrogens (tertiary/aromatic N) is 4. The van der Waals surface area contributed by atoms with Gasteiger partial charge in [0.2, 0.25) is 0 Å². The Morgan fingerprint density at radius 1 is 1.06 bits per heavy atom. The molecule has 1 amide bonds. The van der Waals surface area contributed by atoms with Gasteiger partial charge in [0.25, 0.3) is 5.91 Å². The molecule has 2 aromatic heterocycles. The number of anilines is 1. The van der Waals surface area contributed by atoms with Crippen LogP contribution >= 0.6 is 0 Å². The van der Waals surface area contributed by atoms with E-state index in [1.54, 1.807) is 35.1 Å². The summed E-state index contributed by atoms with van der Waals surface area (Å²) in [4.78, 5) is 24.5. The summed E-state index contributed by atoms with van der Waals surface area (Å²) in [7, 11) is 1.31. The Bertz CT molecular complexity index is 1380. The van der Waals surface area contributed by atoms with E-state index in [0.29, 0.717) is 16.8 Å². The minimum atomic E-state index is -4.48. The molecule has 2 heterocycles. The topological polar surface area (TPSA) is 100 Å². The number of hydrogen-bond acceptors (Lipinski definition) is 6. The third kappa shape index (κ3) is 5.90. The number of alkyl halides is 3. The zero-order valence-corrected chi connectivity index (χ0v) is 18.9. The molecule has 2 aromatic carbocycles. The van der Waals surface area contributed by atoms with E-state index < -0.39 is 23.6 Å². The number of rotatable bonds is 8. The molecule has 0 spiro atoms. The van der Waals surface area contributed by atoms with Crippen molar-refractivity contribution < 1.29 is 32.2 Å². The number of methoxy groups -OCH3 is 1. The number of carbonyl (C=O) groups excluding carboxylic acids is 2. The van der Waals surface area contributed by atoms with Crippen molar-refractivity contribution in [1.29, 1.82) is 0 Å². The molecule has 1 N–H and O–H groups in total. The van der Waals surface area contributed by atoms with E-state index in [0.717, 1.165) is 12.1 Å². The van der Waals surface area contributed by atoms with Crippen LogP contribution in [0.25, 0.3) is 0 Å². The normalized spacial score (nSPS) is 11.2. The van der Waals surface area contributed by atoms with Gasteiger partial charge >= 0.3 is 12.1 Å². The van der Waals surface area contributed by atoms with Gasteiger partial charge in [0.05, 0.1) is 36.7 Å². The molecule has 186 valence electrons. The van der Waals surface area contributed by atoms with Crippen LogP contribution in [-0.2, 0) is 24.2 Å². The van der Waals surface area contributed by atoms with Crippen molar-refractivity contribution in [1.82, 2.24) is 19.6 Å². The van der Waals surface area contributed by atoms with Crippen molar-refractivity contribution in [3.8, 4) is 5.75 Å². The van der Waals surface area contributed by atoms with Gasteiger partial charge in [-0.2, -0.15) is 23.4 Å². The van der Waals surface area contributed by atoms with Crippen LogP contribution in [0.4, 0.5) is 18.9 Å². The second kappa shape index (κ2) is 10.3. The fraction of sp³-hybridized carbons (Fsp3) is 0.167. The van der Waals surface area contributed by atoms with Crippen molar-refractivity contribution in [2.45, 2.75) is 19.5 Å². The summed E-state index contributed by atoms with van der Waals surface area (Å²) < 4.78 is 51.5. The highest BCUT2D eigenvalue weighted by Crippen LogP contribution is 2.31. The lowest BCUT2D eigenvalue weighted by molar-refractivity contribution is -0.137. The Balaban J connectivity index is 1.35. The van der Waals surface area contributed by atoms with Crippen LogP contribution in [0.15, 0.2) is 73.2 Å². The lowest BCUT2D eigenvalue weighted by atomic mass is 10.1. The molecule has 4 rings (SSSR count). The van der Waals surface area contributed by atoms with Gasteiger partial charge in [0.15, 0.2) is 12.4 Å². The third-order valence-corrected chi connectivity index (χ3v) is 5.04. The summed E-state index contributed by atoms with van der Waals surface area (Å²) in [5, 5.41) is 11.0. The molecule has 0 saturated carbocycles. The van der Waals surface area contributed by atoms with Crippen molar-refractivity contribution in [2.75, 3.05) is 12.4 Å². The van der Waals surface area contributed by atoms with Gasteiger partial charge < -0.3 is 14.8 Å². The second-order valence-corrected chi connectivity index (χ2v) is 7.57. The second-order valence-electron chi connectivity index (χ2n) is 7.57. The summed E-state index contributed by atoms with van der Waals surface area (Å²) in [6.07, 6.45) is 0.0384. The Morgan fingerprint density at radius 2 is 1.86 bits per heavy atom. The van der Waals surface area contributed by atoms with Crippen molar-refractivity contribution in [3.05, 3.63) is 95.6 Å². The average Bonchev–Trinajstić information content (AvgIpc) is 3.52. The first kappa shape index (κ1) is 24.5. The number of halogens is 3. The highest BCUT2D eigenvalue weighted by Gasteiger charge is 2.30. The van der Waals surface area contributed by atoms with Crippen LogP contribution < -0.4 is 10.1 Å². The molecule has 36 heavy (non-hydrogen) atoms. The summed E-state index contributed by atoms with van der Waals surface area (Å²) in [5.74, 6) is -0.950. The maximum Gasteiger partial charge on any atom is 0.416 e. The molecule has 0 saturated heterocycles. The molecule has 0 bridgehead atoms. The molecular weight excluding hydrogens is 479 g/mol. The predicted molar refractivity (Wildman–Crippen MR) is 121 cm³/mol. The lowest BCUT2D eigenvalue weighted by Crippen LogP contribution is -2.14. The average molecular weight is 499 g/mol. The number of carbonyl (C=O) groups is 2. The van der Waals surface area contributed by atoms with Gasteiger partial charge in [-0.05, 0) is 35.9 Å². The van der Waals surface area contributed by atoms with Crippen LogP contribution in [0.2, 0.25) is 0 Å². The fourth-order valence-corrected chi connectivity index (χ4v) is 3.31. The number of esters is 1. The Labute approximate surface area is 203 Å². The van der Waals surface area contributed by atoms with Crippen LogP contribution in [0.3, 0.4) is 0 Å². The smallest absolute Gasteiger partial charge is 0.416 e. The van der Waals surface area contributed by atoms with Gasteiger partial charge in [0, 0.05) is 12.4 Å². The summed E-state index contributed by atoms with van der Waals surface area (Å²) in [6, 6.07) is 12.9. The van der Waals surface area contributed by atoms with Crippen LogP contribution in [0, 0.1) is 0 Å². The summed E-state index contributed by atoms with van der Waals surface area (Å²) >= 11 is 0. The molecule has 0 fully saturated rings. The zero-order valence-electron chi connectivity index (χ0n) is 18.9. The highest BCUT2D eigenvalue weighted by molar-refractivity contribution is 6.02. The maximum absolute atomic E-state index is 12.8. The number of nitrogens with one attached hydrogen (secondary N) is 1. The summed E-state index contributed by atoms with van der Waals surface area (Å²) in [6.45, 7) is 0.0920. The first-order valence-electron chi connectivity index (χ1n) is 10.6. The van der Waals surface area contributed by atoms with Crippen molar-refractivity contribution in [2.24, 2.45) is 0 Å². The van der Waals surface area contributed by atoms with E-state index in [1.165, 1.54) is 42.4 Å². The molecule has 0 atom stereocenters. The molecule has 0 radical (unpaired) electrons. The Morgan fingerprint density at radius 3 is 2.64 bits per heavy atom. The van der Waals surface area contributed by atoms with E-state index >= 15 is 0 Å². The monoisotopic (exact) mass is 499 g/mol. The van der Waals surface area contributed by atoms with Crippen molar-refractivity contribution >= 4 is 17.6 Å². The van der Waals surface area contributed by atoms with Gasteiger partial charge in [0.1, 0.15) is 5.75 Å². The molecule has 4 aromatic rings. The molecule has 0 aliphatic heterocycles.